The van der Waals surface area contributed by atoms with Crippen molar-refractivity contribution < 1.29 is 18.0 Å². The van der Waals surface area contributed by atoms with Crippen molar-refractivity contribution in [1.29, 1.82) is 5.26 Å². The first-order valence-corrected chi connectivity index (χ1v) is 6.37. The molecule has 2 rings (SSSR count). The molecule has 0 radical (unpaired) electrons. The molecule has 0 fully saturated rings. The van der Waals surface area contributed by atoms with Crippen LogP contribution in [0.1, 0.15) is 11.1 Å². The number of nitriles is 1. The lowest BCUT2D eigenvalue weighted by molar-refractivity contribution is -0.138. The first-order chi connectivity index (χ1) is 10.8. The van der Waals surface area contributed by atoms with Crippen molar-refractivity contribution in [1.82, 2.24) is 4.57 Å². The number of benzene rings is 1. The number of nitrogens with zero attached hydrogens (tertiary/aromatic N) is 2. The van der Waals surface area contributed by atoms with Gasteiger partial charge in [0.2, 0.25) is 5.91 Å². The third-order valence-electron chi connectivity index (χ3n) is 2.92. The maximum absolute atomic E-state index is 12.6. The van der Waals surface area contributed by atoms with Gasteiger partial charge >= 0.3 is 6.18 Å². The van der Waals surface area contributed by atoms with E-state index in [0.717, 1.165) is 6.07 Å². The Hall–Kier alpha value is -3.08. The molecule has 2 aromatic rings. The summed E-state index contributed by atoms with van der Waals surface area (Å²) in [4.78, 5) is 23.4. The molecule has 1 amide bonds. The Bertz CT molecular complexity index is 818. The monoisotopic (exact) mass is 321 g/mol. The molecule has 0 unspecified atom stereocenters. The summed E-state index contributed by atoms with van der Waals surface area (Å²) in [7, 11) is 0. The van der Waals surface area contributed by atoms with E-state index in [1.54, 1.807) is 0 Å². The third kappa shape index (κ3) is 4.20. The second-order valence-electron chi connectivity index (χ2n) is 4.62. The van der Waals surface area contributed by atoms with Crippen LogP contribution >= 0.6 is 0 Å². The summed E-state index contributed by atoms with van der Waals surface area (Å²) in [6.45, 7) is -0.553. The van der Waals surface area contributed by atoms with E-state index in [1.807, 2.05) is 6.07 Å². The molecule has 0 aliphatic heterocycles. The van der Waals surface area contributed by atoms with Gasteiger partial charge in [-0.05, 0) is 30.3 Å². The van der Waals surface area contributed by atoms with Crippen molar-refractivity contribution in [2.75, 3.05) is 5.32 Å². The SMILES string of the molecule is N#Cc1ccc(NC(=O)Cn2cc(C(F)(F)F)ccc2=O)cc1. The van der Waals surface area contributed by atoms with Crippen LogP contribution < -0.4 is 10.9 Å². The quantitative estimate of drug-likeness (QED) is 0.943. The summed E-state index contributed by atoms with van der Waals surface area (Å²) in [5.41, 5.74) is -0.956. The van der Waals surface area contributed by atoms with Crippen LogP contribution in [0.2, 0.25) is 0 Å². The molecule has 0 spiro atoms. The van der Waals surface area contributed by atoms with Crippen LogP contribution in [0.5, 0.6) is 0 Å². The Kier molecular flexibility index (Phi) is 4.50. The molecule has 1 heterocycles. The number of halogens is 3. The lowest BCUT2D eigenvalue weighted by Crippen LogP contribution is -2.28. The minimum absolute atomic E-state index is 0.369. The average molecular weight is 321 g/mol. The normalized spacial score (nSPS) is 10.9. The van der Waals surface area contributed by atoms with E-state index in [4.69, 9.17) is 5.26 Å². The summed E-state index contributed by atoms with van der Waals surface area (Å²) in [5, 5.41) is 11.1. The Labute approximate surface area is 128 Å². The third-order valence-corrected chi connectivity index (χ3v) is 2.92. The number of carbonyl (C=O) groups excluding carboxylic acids is 1. The molecule has 23 heavy (non-hydrogen) atoms. The summed E-state index contributed by atoms with van der Waals surface area (Å²) in [5.74, 6) is -0.656. The van der Waals surface area contributed by atoms with Gasteiger partial charge in [0, 0.05) is 18.0 Å². The topological polar surface area (TPSA) is 74.9 Å². The fourth-order valence-corrected chi connectivity index (χ4v) is 1.81. The predicted molar refractivity (Wildman–Crippen MR) is 75.5 cm³/mol. The van der Waals surface area contributed by atoms with E-state index in [1.165, 1.54) is 24.3 Å². The number of pyridine rings is 1. The summed E-state index contributed by atoms with van der Waals surface area (Å²) < 4.78 is 38.5. The highest BCUT2D eigenvalue weighted by molar-refractivity contribution is 5.90. The van der Waals surface area contributed by atoms with Gasteiger partial charge in [0.1, 0.15) is 6.54 Å². The van der Waals surface area contributed by atoms with Crippen LogP contribution in [0.4, 0.5) is 18.9 Å². The van der Waals surface area contributed by atoms with Gasteiger partial charge in [-0.25, -0.2) is 0 Å². The second-order valence-corrected chi connectivity index (χ2v) is 4.62. The van der Waals surface area contributed by atoms with Gasteiger partial charge in [-0.1, -0.05) is 0 Å². The molecule has 0 bridgehead atoms. The van der Waals surface area contributed by atoms with E-state index in [0.29, 0.717) is 28.1 Å². The fourth-order valence-electron chi connectivity index (χ4n) is 1.81. The van der Waals surface area contributed by atoms with Crippen molar-refractivity contribution in [2.45, 2.75) is 12.7 Å². The zero-order valence-corrected chi connectivity index (χ0v) is 11.6. The van der Waals surface area contributed by atoms with Crippen molar-refractivity contribution in [3.63, 3.8) is 0 Å². The van der Waals surface area contributed by atoms with E-state index >= 15 is 0 Å². The standard InChI is InChI=1S/C15H10F3N3O2/c16-15(17,18)11-3-6-14(23)21(8-11)9-13(22)20-12-4-1-10(7-19)2-5-12/h1-6,8H,9H2,(H,20,22). The van der Waals surface area contributed by atoms with Gasteiger partial charge in [0.05, 0.1) is 17.2 Å². The molecule has 0 saturated heterocycles. The van der Waals surface area contributed by atoms with E-state index < -0.39 is 29.8 Å². The first kappa shape index (κ1) is 16.3. The predicted octanol–water partition coefficient (Wildman–Crippen LogP) is 2.38. The van der Waals surface area contributed by atoms with Crippen LogP contribution in [-0.2, 0) is 17.5 Å². The van der Waals surface area contributed by atoms with Crippen molar-refractivity contribution >= 4 is 11.6 Å². The van der Waals surface area contributed by atoms with Crippen LogP contribution in [-0.4, -0.2) is 10.5 Å². The summed E-state index contributed by atoms with van der Waals surface area (Å²) in [6.07, 6.45) is -4.00. The highest BCUT2D eigenvalue weighted by Gasteiger charge is 2.31. The number of alkyl halides is 3. The number of aromatic nitrogens is 1. The molecule has 1 aromatic carbocycles. The fraction of sp³-hybridized carbons (Fsp3) is 0.133. The molecule has 1 N–H and O–H groups in total. The molecular formula is C15H10F3N3O2. The Morgan fingerprint density at radius 3 is 2.39 bits per heavy atom. The molecule has 0 atom stereocenters. The largest absolute Gasteiger partial charge is 0.417 e. The number of amides is 1. The smallest absolute Gasteiger partial charge is 0.325 e. The molecular weight excluding hydrogens is 311 g/mol. The van der Waals surface area contributed by atoms with Gasteiger partial charge in [-0.3, -0.25) is 9.59 Å². The number of carbonyl (C=O) groups is 1. The van der Waals surface area contributed by atoms with Crippen LogP contribution in [0, 0.1) is 11.3 Å². The minimum atomic E-state index is -4.60. The van der Waals surface area contributed by atoms with Crippen molar-refractivity contribution in [3.05, 3.63) is 64.1 Å². The number of rotatable bonds is 3. The Morgan fingerprint density at radius 1 is 1.17 bits per heavy atom. The molecule has 0 aliphatic carbocycles. The Morgan fingerprint density at radius 2 is 1.83 bits per heavy atom. The van der Waals surface area contributed by atoms with Crippen molar-refractivity contribution in [2.24, 2.45) is 0 Å². The minimum Gasteiger partial charge on any atom is -0.325 e. The summed E-state index contributed by atoms with van der Waals surface area (Å²) >= 11 is 0. The lowest BCUT2D eigenvalue weighted by Gasteiger charge is -2.11. The maximum Gasteiger partial charge on any atom is 0.417 e. The van der Waals surface area contributed by atoms with Crippen molar-refractivity contribution in [3.8, 4) is 6.07 Å². The van der Waals surface area contributed by atoms with Gasteiger partial charge in [0.25, 0.3) is 5.56 Å². The van der Waals surface area contributed by atoms with Gasteiger partial charge in [0.15, 0.2) is 0 Å². The number of hydrogen-bond donors (Lipinski definition) is 1. The molecule has 118 valence electrons. The van der Waals surface area contributed by atoms with Gasteiger partial charge in [-0.2, -0.15) is 18.4 Å². The average Bonchev–Trinajstić information content (AvgIpc) is 2.49. The zero-order chi connectivity index (χ0) is 17.0. The van der Waals surface area contributed by atoms with E-state index in [2.05, 4.69) is 5.32 Å². The molecule has 8 heteroatoms. The molecule has 0 aliphatic rings. The van der Waals surface area contributed by atoms with E-state index in [9.17, 15) is 22.8 Å². The van der Waals surface area contributed by atoms with E-state index in [-0.39, 0.29) is 0 Å². The highest BCUT2D eigenvalue weighted by Crippen LogP contribution is 2.27. The first-order valence-electron chi connectivity index (χ1n) is 6.37. The highest BCUT2D eigenvalue weighted by atomic mass is 19.4. The van der Waals surface area contributed by atoms with Crippen LogP contribution in [0.25, 0.3) is 0 Å². The molecule has 1 aromatic heterocycles. The number of nitrogens with one attached hydrogen (secondary N) is 1. The maximum atomic E-state index is 12.6. The van der Waals surface area contributed by atoms with Gasteiger partial charge < -0.3 is 9.88 Å². The lowest BCUT2D eigenvalue weighted by atomic mass is 10.2. The molecule has 5 nitrogen and oxygen atoms in total. The Balaban J connectivity index is 2.13. The number of hydrogen-bond acceptors (Lipinski definition) is 3. The molecule has 0 saturated carbocycles. The number of anilines is 1. The van der Waals surface area contributed by atoms with Crippen LogP contribution in [0.3, 0.4) is 0 Å². The zero-order valence-electron chi connectivity index (χ0n) is 11.6. The second kappa shape index (κ2) is 6.36. The summed E-state index contributed by atoms with van der Waals surface area (Å²) in [6, 6.07) is 9.25. The van der Waals surface area contributed by atoms with Gasteiger partial charge in [-0.15, -0.1) is 0 Å². The van der Waals surface area contributed by atoms with Crippen LogP contribution in [0.15, 0.2) is 47.4 Å².